The van der Waals surface area contributed by atoms with Crippen LogP contribution in [0.1, 0.15) is 35.7 Å². The highest BCUT2D eigenvalue weighted by Gasteiger charge is 2.26. The summed E-state index contributed by atoms with van der Waals surface area (Å²) in [6, 6.07) is 8.99. The number of nitriles is 1. The van der Waals surface area contributed by atoms with E-state index in [0.717, 1.165) is 36.6 Å². The van der Waals surface area contributed by atoms with Gasteiger partial charge in [0, 0.05) is 23.5 Å². The molecule has 1 aromatic carbocycles. The molecule has 2 heterocycles. The summed E-state index contributed by atoms with van der Waals surface area (Å²) in [4.78, 5) is 4.24. The van der Waals surface area contributed by atoms with Gasteiger partial charge in [-0.25, -0.2) is 18.4 Å². The minimum atomic E-state index is -0.639. The number of anilines is 1. The van der Waals surface area contributed by atoms with Crippen LogP contribution in [0, 0.1) is 23.0 Å². The molecule has 0 bridgehead atoms. The number of pyridine rings is 1. The summed E-state index contributed by atoms with van der Waals surface area (Å²) in [5.74, 6) is -0.582. The molecule has 5 nitrogen and oxygen atoms in total. The lowest BCUT2D eigenvalue weighted by Crippen LogP contribution is -2.19. The third kappa shape index (κ3) is 2.90. The molecule has 1 N–H and O–H groups in total. The van der Waals surface area contributed by atoms with Crippen LogP contribution >= 0.6 is 0 Å². The molecular weight excluding hydrogens is 336 g/mol. The van der Waals surface area contributed by atoms with Gasteiger partial charge >= 0.3 is 0 Å². The number of nitrogens with zero attached hydrogens (tertiary/aromatic N) is 4. The van der Waals surface area contributed by atoms with Gasteiger partial charge in [-0.15, -0.1) is 0 Å². The molecule has 0 aliphatic heterocycles. The molecule has 1 aliphatic rings. The van der Waals surface area contributed by atoms with Crippen LogP contribution in [0.4, 0.5) is 14.6 Å². The van der Waals surface area contributed by atoms with Gasteiger partial charge in [0.15, 0.2) is 5.82 Å². The Kier molecular flexibility index (Phi) is 4.09. The molecule has 2 aromatic heterocycles. The SMILES string of the molecule is N#Cc1ccc(N[C@@H]2CCCc3c2cnn3-c2ccc(F)cc2F)nc1. The van der Waals surface area contributed by atoms with Gasteiger partial charge in [0.1, 0.15) is 23.4 Å². The van der Waals surface area contributed by atoms with Gasteiger partial charge in [-0.05, 0) is 43.5 Å². The lowest BCUT2D eigenvalue weighted by atomic mass is 9.93. The molecule has 0 fully saturated rings. The molecule has 0 radical (unpaired) electrons. The predicted molar refractivity (Wildman–Crippen MR) is 91.7 cm³/mol. The Morgan fingerprint density at radius 1 is 1.19 bits per heavy atom. The van der Waals surface area contributed by atoms with Crippen molar-refractivity contribution in [2.45, 2.75) is 25.3 Å². The van der Waals surface area contributed by atoms with Crippen molar-refractivity contribution in [1.82, 2.24) is 14.8 Å². The zero-order valence-electron chi connectivity index (χ0n) is 13.8. The number of fused-ring (bicyclic) bond motifs is 1. The minimum Gasteiger partial charge on any atom is -0.363 e. The first-order valence-corrected chi connectivity index (χ1v) is 8.30. The van der Waals surface area contributed by atoms with Crippen LogP contribution in [0.5, 0.6) is 0 Å². The second kappa shape index (κ2) is 6.56. The molecule has 0 amide bonds. The summed E-state index contributed by atoms with van der Waals surface area (Å²) in [7, 11) is 0. The third-order valence-corrected chi connectivity index (χ3v) is 4.54. The van der Waals surface area contributed by atoms with Gasteiger partial charge in [-0.1, -0.05) is 0 Å². The lowest BCUT2D eigenvalue weighted by molar-refractivity contribution is 0.558. The molecule has 26 heavy (non-hydrogen) atoms. The largest absolute Gasteiger partial charge is 0.363 e. The topological polar surface area (TPSA) is 66.5 Å². The van der Waals surface area contributed by atoms with E-state index in [-0.39, 0.29) is 11.7 Å². The van der Waals surface area contributed by atoms with Crippen molar-refractivity contribution >= 4 is 5.82 Å². The highest BCUT2D eigenvalue weighted by Crippen LogP contribution is 2.33. The monoisotopic (exact) mass is 351 g/mol. The molecule has 4 rings (SSSR count). The van der Waals surface area contributed by atoms with Gasteiger partial charge in [0.25, 0.3) is 0 Å². The van der Waals surface area contributed by atoms with Gasteiger partial charge in [0.05, 0.1) is 17.8 Å². The van der Waals surface area contributed by atoms with Gasteiger partial charge < -0.3 is 5.32 Å². The minimum absolute atomic E-state index is 0.00329. The molecule has 0 saturated heterocycles. The molecule has 0 unspecified atom stereocenters. The Labute approximate surface area is 148 Å². The average molecular weight is 351 g/mol. The van der Waals surface area contributed by atoms with Crippen molar-refractivity contribution in [1.29, 1.82) is 5.26 Å². The first-order valence-electron chi connectivity index (χ1n) is 8.30. The van der Waals surface area contributed by atoms with Crippen LogP contribution in [0.3, 0.4) is 0 Å². The van der Waals surface area contributed by atoms with E-state index in [4.69, 9.17) is 5.26 Å². The van der Waals surface area contributed by atoms with Crippen molar-refractivity contribution in [3.63, 3.8) is 0 Å². The molecule has 130 valence electrons. The fourth-order valence-corrected chi connectivity index (χ4v) is 3.29. The summed E-state index contributed by atoms with van der Waals surface area (Å²) in [6.07, 6.45) is 5.81. The smallest absolute Gasteiger partial charge is 0.151 e. The highest BCUT2D eigenvalue weighted by molar-refractivity contribution is 5.44. The number of halogens is 2. The number of nitrogens with one attached hydrogen (secondary N) is 1. The summed E-state index contributed by atoms with van der Waals surface area (Å²) < 4.78 is 28.9. The van der Waals surface area contributed by atoms with E-state index in [1.807, 2.05) is 6.07 Å². The number of hydrogen-bond acceptors (Lipinski definition) is 4. The van der Waals surface area contributed by atoms with Crippen molar-refractivity contribution in [3.8, 4) is 11.8 Å². The summed E-state index contributed by atoms with van der Waals surface area (Å²) in [5, 5.41) is 16.5. The third-order valence-electron chi connectivity index (χ3n) is 4.54. The number of rotatable bonds is 3. The Balaban J connectivity index is 1.65. The first kappa shape index (κ1) is 16.2. The molecular formula is C19H15F2N5. The lowest BCUT2D eigenvalue weighted by Gasteiger charge is -2.24. The molecule has 1 aliphatic carbocycles. The quantitative estimate of drug-likeness (QED) is 0.777. The first-order chi connectivity index (χ1) is 12.7. The van der Waals surface area contributed by atoms with E-state index >= 15 is 0 Å². The zero-order chi connectivity index (χ0) is 18.1. The maximum Gasteiger partial charge on any atom is 0.151 e. The molecule has 0 saturated carbocycles. The van der Waals surface area contributed by atoms with Crippen molar-refractivity contribution in [3.05, 3.63) is 71.2 Å². The van der Waals surface area contributed by atoms with Crippen LogP contribution < -0.4 is 5.32 Å². The summed E-state index contributed by atoms with van der Waals surface area (Å²) >= 11 is 0. The Morgan fingerprint density at radius 2 is 2.08 bits per heavy atom. The predicted octanol–water partition coefficient (Wildman–Crippen LogP) is 3.91. The second-order valence-corrected chi connectivity index (χ2v) is 6.19. The van der Waals surface area contributed by atoms with Crippen molar-refractivity contribution in [2.24, 2.45) is 0 Å². The van der Waals surface area contributed by atoms with E-state index < -0.39 is 11.6 Å². The summed E-state index contributed by atoms with van der Waals surface area (Å²) in [5.41, 5.74) is 2.63. The Bertz CT molecular complexity index is 988. The normalized spacial score (nSPS) is 16.0. The Hall–Kier alpha value is -3.27. The van der Waals surface area contributed by atoms with Crippen molar-refractivity contribution in [2.75, 3.05) is 5.32 Å². The van der Waals surface area contributed by atoms with Crippen LogP contribution in [0.15, 0.2) is 42.7 Å². The van der Waals surface area contributed by atoms with E-state index in [1.165, 1.54) is 18.3 Å². The molecule has 1 atom stereocenters. The Morgan fingerprint density at radius 3 is 2.81 bits per heavy atom. The van der Waals surface area contributed by atoms with E-state index in [1.54, 1.807) is 23.0 Å². The number of aromatic nitrogens is 3. The average Bonchev–Trinajstić information content (AvgIpc) is 3.07. The van der Waals surface area contributed by atoms with Gasteiger partial charge in [-0.3, -0.25) is 0 Å². The highest BCUT2D eigenvalue weighted by atomic mass is 19.1. The van der Waals surface area contributed by atoms with Crippen LogP contribution in [-0.4, -0.2) is 14.8 Å². The van der Waals surface area contributed by atoms with Crippen LogP contribution in [-0.2, 0) is 6.42 Å². The van der Waals surface area contributed by atoms with Crippen LogP contribution in [0.2, 0.25) is 0 Å². The van der Waals surface area contributed by atoms with Crippen molar-refractivity contribution < 1.29 is 8.78 Å². The fraction of sp³-hybridized carbons (Fsp3) is 0.211. The van der Waals surface area contributed by atoms with E-state index in [9.17, 15) is 8.78 Å². The van der Waals surface area contributed by atoms with Gasteiger partial charge in [0.2, 0.25) is 0 Å². The van der Waals surface area contributed by atoms with Crippen LogP contribution in [0.25, 0.3) is 5.69 Å². The maximum absolute atomic E-state index is 14.1. The molecule has 3 aromatic rings. The standard InChI is InChI=1S/C19H15F2N5/c20-13-5-6-18(15(21)8-13)26-17-3-1-2-16(14(17)11-24-26)25-19-7-4-12(9-22)10-23-19/h4-8,10-11,16H,1-3H2,(H,23,25)/t16-/m1/s1. The maximum atomic E-state index is 14.1. The number of benzene rings is 1. The van der Waals surface area contributed by atoms with E-state index in [2.05, 4.69) is 15.4 Å². The second-order valence-electron chi connectivity index (χ2n) is 6.19. The van der Waals surface area contributed by atoms with E-state index in [0.29, 0.717) is 11.4 Å². The zero-order valence-corrected chi connectivity index (χ0v) is 13.8. The molecule has 0 spiro atoms. The summed E-state index contributed by atoms with van der Waals surface area (Å²) in [6.45, 7) is 0. The number of hydrogen-bond donors (Lipinski definition) is 1. The molecule has 7 heteroatoms. The fourth-order valence-electron chi connectivity index (χ4n) is 3.29. The van der Waals surface area contributed by atoms with Gasteiger partial charge in [-0.2, -0.15) is 10.4 Å².